The van der Waals surface area contributed by atoms with E-state index >= 15 is 0 Å². The van der Waals surface area contributed by atoms with E-state index in [2.05, 4.69) is 26.8 Å². The van der Waals surface area contributed by atoms with E-state index < -0.39 is 32.5 Å². The maximum atomic E-state index is 11.3. The summed E-state index contributed by atoms with van der Waals surface area (Å²) in [7, 11) is -8.89. The highest BCUT2D eigenvalue weighted by Gasteiger charge is 2.59. The van der Waals surface area contributed by atoms with E-state index in [4.69, 9.17) is 17.5 Å². The fourth-order valence-corrected chi connectivity index (χ4v) is 10.4. The molecule has 0 saturated heterocycles. The van der Waals surface area contributed by atoms with Crippen molar-refractivity contribution in [2.75, 3.05) is 0 Å². The Morgan fingerprint density at radius 2 is 1.73 bits per heavy atom. The van der Waals surface area contributed by atoms with Gasteiger partial charge in [-0.25, -0.2) is 8.37 Å². The summed E-state index contributed by atoms with van der Waals surface area (Å²) in [4.78, 5) is 0. The van der Waals surface area contributed by atoms with Gasteiger partial charge in [0.2, 0.25) is 0 Å². The zero-order chi connectivity index (χ0) is 27.4. The number of fused-ring (bicyclic) bond motifs is 5. The Morgan fingerprint density at radius 3 is 2.38 bits per heavy atom. The Bertz CT molecular complexity index is 1100. The van der Waals surface area contributed by atoms with Gasteiger partial charge in [0.25, 0.3) is 0 Å². The van der Waals surface area contributed by atoms with Gasteiger partial charge in [-0.05, 0) is 112 Å². The summed E-state index contributed by atoms with van der Waals surface area (Å²) in [5, 5.41) is 0. The van der Waals surface area contributed by atoms with Crippen molar-refractivity contribution in [3.05, 3.63) is 11.6 Å². The second kappa shape index (κ2) is 10.1. The van der Waals surface area contributed by atoms with E-state index in [1.807, 2.05) is 0 Å². The Morgan fingerprint density at radius 1 is 1.03 bits per heavy atom. The van der Waals surface area contributed by atoms with Crippen molar-refractivity contribution < 1.29 is 34.3 Å². The lowest BCUT2D eigenvalue weighted by Gasteiger charge is -2.58. The van der Waals surface area contributed by atoms with Crippen LogP contribution in [-0.4, -0.2) is 37.6 Å². The molecule has 0 aromatic rings. The first kappa shape index (κ1) is 29.5. The standard InChI is InChI=1S/C27H46O8S2/c1-18(7-6-14-25(2,3)35-37(31,32)33)22-10-11-23-21-9-8-19-17-20(34-36(28,29)30)12-15-26(19,4)24(21)13-16-27(22,23)5/h8,18,20-24H,6-7,9-17H2,1-5H3,(H,28,29,30)(H,31,32,33)/t18-,20+,21+,22?,23+,24+,26+,27-/m1/s1. The molecule has 4 rings (SSSR count). The molecule has 0 aliphatic heterocycles. The average molecular weight is 563 g/mol. The van der Waals surface area contributed by atoms with Gasteiger partial charge in [-0.3, -0.25) is 9.11 Å². The molecule has 0 aromatic heterocycles. The lowest BCUT2D eigenvalue weighted by Crippen LogP contribution is -2.51. The fraction of sp³-hybridized carbons (Fsp3) is 0.926. The largest absolute Gasteiger partial charge is 0.397 e. The first-order valence-electron chi connectivity index (χ1n) is 14.0. The second-order valence-corrected chi connectivity index (χ2v) is 15.6. The van der Waals surface area contributed by atoms with Crippen LogP contribution in [0.4, 0.5) is 0 Å². The monoisotopic (exact) mass is 562 g/mol. The first-order chi connectivity index (χ1) is 16.9. The van der Waals surface area contributed by atoms with Crippen molar-refractivity contribution >= 4 is 20.8 Å². The molecule has 8 atom stereocenters. The molecule has 37 heavy (non-hydrogen) atoms. The molecule has 214 valence electrons. The molecule has 2 N–H and O–H groups in total. The van der Waals surface area contributed by atoms with Crippen molar-refractivity contribution in [1.82, 2.24) is 0 Å². The van der Waals surface area contributed by atoms with E-state index in [1.54, 1.807) is 13.8 Å². The highest BCUT2D eigenvalue weighted by atomic mass is 32.3. The van der Waals surface area contributed by atoms with E-state index in [0.29, 0.717) is 54.3 Å². The molecule has 8 nitrogen and oxygen atoms in total. The summed E-state index contributed by atoms with van der Waals surface area (Å²) in [6.45, 7) is 10.6. The molecule has 4 aliphatic carbocycles. The number of hydrogen-bond acceptors (Lipinski definition) is 6. The summed E-state index contributed by atoms with van der Waals surface area (Å²) in [5.41, 5.74) is 0.773. The van der Waals surface area contributed by atoms with Crippen LogP contribution in [0, 0.1) is 40.4 Å². The van der Waals surface area contributed by atoms with Gasteiger partial charge >= 0.3 is 20.8 Å². The Kier molecular flexibility index (Phi) is 8.08. The maximum Gasteiger partial charge on any atom is 0.397 e. The smallest absolute Gasteiger partial charge is 0.264 e. The minimum Gasteiger partial charge on any atom is -0.264 e. The molecule has 4 aliphatic rings. The number of allylic oxidation sites excluding steroid dienone is 1. The highest BCUT2D eigenvalue weighted by molar-refractivity contribution is 7.81. The molecule has 10 heteroatoms. The zero-order valence-corrected chi connectivity index (χ0v) is 24.6. The minimum atomic E-state index is -4.46. The maximum absolute atomic E-state index is 11.3. The van der Waals surface area contributed by atoms with E-state index in [1.165, 1.54) is 31.3 Å². The van der Waals surface area contributed by atoms with Gasteiger partial charge in [0.05, 0.1) is 11.7 Å². The summed E-state index contributed by atoms with van der Waals surface area (Å²) in [5.74, 6) is 3.10. The quantitative estimate of drug-likeness (QED) is 0.253. The van der Waals surface area contributed by atoms with Crippen molar-refractivity contribution in [3.63, 3.8) is 0 Å². The predicted octanol–water partition coefficient (Wildman–Crippen LogP) is 6.16. The van der Waals surface area contributed by atoms with Gasteiger partial charge in [0.15, 0.2) is 0 Å². The topological polar surface area (TPSA) is 127 Å². The first-order valence-corrected chi connectivity index (χ1v) is 16.7. The van der Waals surface area contributed by atoms with Crippen LogP contribution < -0.4 is 0 Å². The van der Waals surface area contributed by atoms with Crippen molar-refractivity contribution in [1.29, 1.82) is 0 Å². The molecule has 3 fully saturated rings. The Labute approximate surface area is 223 Å². The van der Waals surface area contributed by atoms with Crippen LogP contribution in [-0.2, 0) is 29.2 Å². The summed E-state index contributed by atoms with van der Waals surface area (Å²) in [6, 6.07) is 0. The highest BCUT2D eigenvalue weighted by Crippen LogP contribution is 2.67. The number of hydrogen-bond donors (Lipinski definition) is 2. The van der Waals surface area contributed by atoms with Gasteiger partial charge in [0.1, 0.15) is 0 Å². The van der Waals surface area contributed by atoms with Crippen LogP contribution in [0.3, 0.4) is 0 Å². The second-order valence-electron chi connectivity index (χ2n) is 13.5. The zero-order valence-electron chi connectivity index (χ0n) is 23.0. The SMILES string of the molecule is C[C@H](CCCC(C)(C)OS(=O)(=O)O)C1CC[C@H]2[C@@H]3CC=C4C[C@@H](OS(=O)(=O)O)CC[C@]4(C)[C@H]3CC[C@]12C. The third-order valence-corrected chi connectivity index (χ3v) is 12.0. The molecule has 0 spiro atoms. The van der Waals surface area contributed by atoms with Crippen molar-refractivity contribution in [2.45, 2.75) is 117 Å². The van der Waals surface area contributed by atoms with E-state index in [0.717, 1.165) is 25.7 Å². The Hall–Kier alpha value is -0.520. The van der Waals surface area contributed by atoms with Gasteiger partial charge < -0.3 is 0 Å². The molecule has 0 bridgehead atoms. The van der Waals surface area contributed by atoms with E-state index in [-0.39, 0.29) is 5.41 Å². The minimum absolute atomic E-state index is 0.0751. The molecule has 0 heterocycles. The van der Waals surface area contributed by atoms with E-state index in [9.17, 15) is 16.8 Å². The van der Waals surface area contributed by atoms with Crippen LogP contribution in [0.2, 0.25) is 0 Å². The van der Waals surface area contributed by atoms with Gasteiger partial charge in [-0.2, -0.15) is 16.8 Å². The normalized spacial score (nSPS) is 39.3. The lowest BCUT2D eigenvalue weighted by atomic mass is 9.47. The molecule has 3 saturated carbocycles. The molecule has 0 radical (unpaired) electrons. The fourth-order valence-electron chi connectivity index (χ4n) is 9.23. The van der Waals surface area contributed by atoms with Crippen molar-refractivity contribution in [2.24, 2.45) is 40.4 Å². The third kappa shape index (κ3) is 6.30. The summed E-state index contributed by atoms with van der Waals surface area (Å²) >= 11 is 0. The predicted molar refractivity (Wildman–Crippen MR) is 141 cm³/mol. The molecular weight excluding hydrogens is 516 g/mol. The summed E-state index contributed by atoms with van der Waals surface area (Å²) < 4.78 is 72.8. The van der Waals surface area contributed by atoms with Crippen LogP contribution in [0.15, 0.2) is 11.6 Å². The molecule has 0 amide bonds. The average Bonchev–Trinajstić information content (AvgIpc) is 3.08. The molecule has 0 aromatic carbocycles. The van der Waals surface area contributed by atoms with Gasteiger partial charge in [-0.15, -0.1) is 0 Å². The summed E-state index contributed by atoms with van der Waals surface area (Å²) in [6.07, 6.45) is 12.4. The van der Waals surface area contributed by atoms with Crippen LogP contribution in [0.25, 0.3) is 0 Å². The van der Waals surface area contributed by atoms with Crippen LogP contribution in [0.5, 0.6) is 0 Å². The van der Waals surface area contributed by atoms with Crippen LogP contribution in [0.1, 0.15) is 105 Å². The lowest BCUT2D eigenvalue weighted by molar-refractivity contribution is -0.0562. The third-order valence-electron chi connectivity index (χ3n) is 10.8. The van der Waals surface area contributed by atoms with Crippen LogP contribution >= 0.6 is 0 Å². The molecular formula is C27H46O8S2. The Balaban J connectivity index is 1.41. The molecule has 1 unspecified atom stereocenters. The van der Waals surface area contributed by atoms with Gasteiger partial charge in [0, 0.05) is 0 Å². The number of rotatable bonds is 9. The van der Waals surface area contributed by atoms with Crippen molar-refractivity contribution in [3.8, 4) is 0 Å². The van der Waals surface area contributed by atoms with Gasteiger partial charge in [-0.1, -0.05) is 45.3 Å².